The Balaban J connectivity index is 2.37. The van der Waals surface area contributed by atoms with Crippen LogP contribution in [0.15, 0.2) is 0 Å². The molecule has 0 aromatic carbocycles. The Bertz CT molecular complexity index is 263. The maximum atomic E-state index is 12.0. The van der Waals surface area contributed by atoms with Crippen molar-refractivity contribution in [2.24, 2.45) is 5.92 Å². The summed E-state index contributed by atoms with van der Waals surface area (Å²) in [4.78, 5) is 12.0. The molecule has 1 saturated carbocycles. The van der Waals surface area contributed by atoms with Crippen LogP contribution in [0, 0.1) is 5.92 Å². The van der Waals surface area contributed by atoms with E-state index < -0.39 is 0 Å². The second kappa shape index (κ2) is 5.85. The minimum absolute atomic E-state index is 0.0869. The Morgan fingerprint density at radius 2 is 2.06 bits per heavy atom. The van der Waals surface area contributed by atoms with Crippen LogP contribution in [0.5, 0.6) is 0 Å². The standard InChI is InChI=1S/C14H28N2O/c1-6-14(4,5)16-13(17)11(3)15-12-8-7-10(2)9-12/h10-12,15H,6-9H2,1-5H3,(H,16,17). The maximum Gasteiger partial charge on any atom is 0.237 e. The SMILES string of the molecule is CCC(C)(C)NC(=O)C(C)NC1CCC(C)C1. The molecule has 0 bridgehead atoms. The largest absolute Gasteiger partial charge is 0.350 e. The van der Waals surface area contributed by atoms with Crippen molar-refractivity contribution in [3.8, 4) is 0 Å². The van der Waals surface area contributed by atoms with Crippen LogP contribution in [-0.2, 0) is 4.79 Å². The summed E-state index contributed by atoms with van der Waals surface area (Å²) in [5, 5.41) is 6.53. The molecule has 1 aliphatic rings. The van der Waals surface area contributed by atoms with Gasteiger partial charge in [-0.2, -0.15) is 0 Å². The van der Waals surface area contributed by atoms with Gasteiger partial charge >= 0.3 is 0 Å². The van der Waals surface area contributed by atoms with Gasteiger partial charge in [0.05, 0.1) is 6.04 Å². The summed E-state index contributed by atoms with van der Waals surface area (Å²) < 4.78 is 0. The van der Waals surface area contributed by atoms with Crippen LogP contribution in [0.25, 0.3) is 0 Å². The van der Waals surface area contributed by atoms with E-state index in [0.29, 0.717) is 6.04 Å². The number of hydrogen-bond donors (Lipinski definition) is 2. The van der Waals surface area contributed by atoms with Crippen LogP contribution in [-0.4, -0.2) is 23.5 Å². The first-order chi connectivity index (χ1) is 7.84. The molecule has 3 nitrogen and oxygen atoms in total. The minimum atomic E-state index is -0.101. The van der Waals surface area contributed by atoms with Gasteiger partial charge in [0.2, 0.25) is 5.91 Å². The molecule has 0 aliphatic heterocycles. The fourth-order valence-corrected chi connectivity index (χ4v) is 2.32. The smallest absolute Gasteiger partial charge is 0.237 e. The van der Waals surface area contributed by atoms with Crippen LogP contribution in [0.2, 0.25) is 0 Å². The quantitative estimate of drug-likeness (QED) is 0.775. The third-order valence-corrected chi connectivity index (χ3v) is 3.92. The number of carbonyl (C=O) groups excluding carboxylic acids is 1. The fourth-order valence-electron chi connectivity index (χ4n) is 2.32. The molecular formula is C14H28N2O. The van der Waals surface area contributed by atoms with E-state index in [1.54, 1.807) is 0 Å². The van der Waals surface area contributed by atoms with E-state index in [2.05, 4.69) is 38.3 Å². The minimum Gasteiger partial charge on any atom is -0.350 e. The Morgan fingerprint density at radius 1 is 1.41 bits per heavy atom. The van der Waals surface area contributed by atoms with E-state index in [4.69, 9.17) is 0 Å². The zero-order valence-electron chi connectivity index (χ0n) is 12.0. The lowest BCUT2D eigenvalue weighted by molar-refractivity contribution is -0.124. The van der Waals surface area contributed by atoms with Gasteiger partial charge in [-0.05, 0) is 52.4 Å². The molecule has 1 rings (SSSR count). The van der Waals surface area contributed by atoms with Crippen molar-refractivity contribution in [3.05, 3.63) is 0 Å². The van der Waals surface area contributed by atoms with Crippen LogP contribution in [0.4, 0.5) is 0 Å². The lowest BCUT2D eigenvalue weighted by atomic mass is 10.0. The Kier molecular flexibility index (Phi) is 4.99. The van der Waals surface area contributed by atoms with Gasteiger partial charge in [-0.25, -0.2) is 0 Å². The van der Waals surface area contributed by atoms with Crippen LogP contribution in [0.1, 0.15) is 60.3 Å². The molecule has 0 aromatic rings. The van der Waals surface area contributed by atoms with E-state index in [-0.39, 0.29) is 17.5 Å². The lowest BCUT2D eigenvalue weighted by Gasteiger charge is -2.28. The molecule has 0 radical (unpaired) electrons. The Hall–Kier alpha value is -0.570. The van der Waals surface area contributed by atoms with Crippen molar-refractivity contribution < 1.29 is 4.79 Å². The molecule has 100 valence electrons. The van der Waals surface area contributed by atoms with E-state index in [1.165, 1.54) is 19.3 Å². The molecular weight excluding hydrogens is 212 g/mol. The van der Waals surface area contributed by atoms with Crippen molar-refractivity contribution in [3.63, 3.8) is 0 Å². The highest BCUT2D eigenvalue weighted by Crippen LogP contribution is 2.24. The second-order valence-corrected chi connectivity index (χ2v) is 6.23. The zero-order chi connectivity index (χ0) is 13.1. The van der Waals surface area contributed by atoms with Crippen molar-refractivity contribution in [2.45, 2.75) is 77.9 Å². The van der Waals surface area contributed by atoms with E-state index in [0.717, 1.165) is 12.3 Å². The molecule has 3 unspecified atom stereocenters. The summed E-state index contributed by atoms with van der Waals surface area (Å²) in [6.07, 6.45) is 4.64. The third-order valence-electron chi connectivity index (χ3n) is 3.92. The molecule has 3 atom stereocenters. The number of amides is 1. The van der Waals surface area contributed by atoms with Gasteiger partial charge in [0.25, 0.3) is 0 Å². The molecule has 1 aliphatic carbocycles. The summed E-state index contributed by atoms with van der Waals surface area (Å²) in [7, 11) is 0. The number of nitrogens with one attached hydrogen (secondary N) is 2. The van der Waals surface area contributed by atoms with Crippen molar-refractivity contribution in [1.82, 2.24) is 10.6 Å². The van der Waals surface area contributed by atoms with Gasteiger partial charge in [0.15, 0.2) is 0 Å². The summed E-state index contributed by atoms with van der Waals surface area (Å²) in [6.45, 7) is 10.5. The van der Waals surface area contributed by atoms with Crippen LogP contribution < -0.4 is 10.6 Å². The topological polar surface area (TPSA) is 41.1 Å². The number of carbonyl (C=O) groups is 1. The predicted molar refractivity (Wildman–Crippen MR) is 71.9 cm³/mol. The van der Waals surface area contributed by atoms with Crippen molar-refractivity contribution in [1.29, 1.82) is 0 Å². The molecule has 0 heterocycles. The lowest BCUT2D eigenvalue weighted by Crippen LogP contribution is -2.52. The average Bonchev–Trinajstić information content (AvgIpc) is 2.63. The highest BCUT2D eigenvalue weighted by molar-refractivity contribution is 5.82. The summed E-state index contributed by atoms with van der Waals surface area (Å²) in [5.74, 6) is 0.922. The van der Waals surface area contributed by atoms with Crippen molar-refractivity contribution >= 4 is 5.91 Å². The van der Waals surface area contributed by atoms with Crippen LogP contribution >= 0.6 is 0 Å². The highest BCUT2D eigenvalue weighted by atomic mass is 16.2. The highest BCUT2D eigenvalue weighted by Gasteiger charge is 2.26. The van der Waals surface area contributed by atoms with Crippen LogP contribution in [0.3, 0.4) is 0 Å². The normalized spacial score (nSPS) is 26.9. The molecule has 17 heavy (non-hydrogen) atoms. The number of hydrogen-bond acceptors (Lipinski definition) is 2. The zero-order valence-corrected chi connectivity index (χ0v) is 12.0. The molecule has 0 saturated heterocycles. The van der Waals surface area contributed by atoms with Gasteiger partial charge in [0.1, 0.15) is 0 Å². The summed E-state index contributed by atoms with van der Waals surface area (Å²) in [6, 6.07) is 0.437. The fraction of sp³-hybridized carbons (Fsp3) is 0.929. The van der Waals surface area contributed by atoms with Gasteiger partial charge < -0.3 is 10.6 Å². The Morgan fingerprint density at radius 3 is 2.53 bits per heavy atom. The first kappa shape index (κ1) is 14.5. The molecule has 1 amide bonds. The van der Waals surface area contributed by atoms with Gasteiger partial charge in [-0.1, -0.05) is 13.8 Å². The Labute approximate surface area is 106 Å². The van der Waals surface area contributed by atoms with E-state index in [1.807, 2.05) is 6.92 Å². The average molecular weight is 240 g/mol. The summed E-state index contributed by atoms with van der Waals surface area (Å²) >= 11 is 0. The van der Waals surface area contributed by atoms with Crippen molar-refractivity contribution in [2.75, 3.05) is 0 Å². The molecule has 1 fully saturated rings. The third kappa shape index (κ3) is 4.66. The molecule has 0 aromatic heterocycles. The first-order valence-corrected chi connectivity index (χ1v) is 6.92. The second-order valence-electron chi connectivity index (χ2n) is 6.23. The first-order valence-electron chi connectivity index (χ1n) is 6.92. The van der Waals surface area contributed by atoms with Gasteiger partial charge in [0, 0.05) is 11.6 Å². The van der Waals surface area contributed by atoms with E-state index in [9.17, 15) is 4.79 Å². The predicted octanol–water partition coefficient (Wildman–Crippen LogP) is 2.46. The monoisotopic (exact) mass is 240 g/mol. The molecule has 3 heteroatoms. The molecule has 0 spiro atoms. The van der Waals surface area contributed by atoms with Gasteiger partial charge in [-0.3, -0.25) is 4.79 Å². The van der Waals surface area contributed by atoms with Gasteiger partial charge in [-0.15, -0.1) is 0 Å². The maximum absolute atomic E-state index is 12.0. The summed E-state index contributed by atoms with van der Waals surface area (Å²) in [5.41, 5.74) is -0.101. The van der Waals surface area contributed by atoms with E-state index >= 15 is 0 Å². The molecule has 2 N–H and O–H groups in total. The number of rotatable bonds is 5.